The van der Waals surface area contributed by atoms with E-state index in [0.29, 0.717) is 12.0 Å². The Morgan fingerprint density at radius 2 is 2.35 bits per heavy atom. The first-order valence-corrected chi connectivity index (χ1v) is 6.99. The summed E-state index contributed by atoms with van der Waals surface area (Å²) in [5, 5.41) is 9.46. The van der Waals surface area contributed by atoms with Crippen molar-refractivity contribution in [1.29, 1.82) is 0 Å². The lowest BCUT2D eigenvalue weighted by Crippen LogP contribution is -2.36. The largest absolute Gasteiger partial charge is 0.377 e. The first-order valence-electron chi connectivity index (χ1n) is 6.15. The third kappa shape index (κ3) is 3.47. The van der Waals surface area contributed by atoms with Crippen LogP contribution in [0.2, 0.25) is 0 Å². The van der Waals surface area contributed by atoms with Crippen LogP contribution >= 0.6 is 11.5 Å². The quantitative estimate of drug-likeness (QED) is 0.895. The molecule has 96 valence electrons. The second kappa shape index (κ2) is 5.42. The Balaban J connectivity index is 1.78. The summed E-state index contributed by atoms with van der Waals surface area (Å²) < 4.78 is 9.71. The Morgan fingerprint density at radius 1 is 1.53 bits per heavy atom. The van der Waals surface area contributed by atoms with Gasteiger partial charge in [0.15, 0.2) is 0 Å². The molecule has 0 aliphatic carbocycles. The minimum absolute atomic E-state index is 0.227. The molecule has 1 saturated heterocycles. The number of nitrogens with one attached hydrogen (secondary N) is 1. The molecule has 4 nitrogen and oxygen atoms in total. The van der Waals surface area contributed by atoms with Crippen molar-refractivity contribution in [2.45, 2.75) is 39.8 Å². The molecule has 5 heteroatoms. The van der Waals surface area contributed by atoms with Crippen molar-refractivity contribution in [1.82, 2.24) is 14.9 Å². The van der Waals surface area contributed by atoms with Gasteiger partial charge in [0.2, 0.25) is 0 Å². The molecule has 1 N–H and O–H groups in total. The zero-order valence-corrected chi connectivity index (χ0v) is 11.6. The SMILES string of the molecule is CC(C)(C)[C@H]1OCC[C@@H]1CNCc1csnn1. The van der Waals surface area contributed by atoms with Crippen molar-refractivity contribution in [2.24, 2.45) is 11.3 Å². The van der Waals surface area contributed by atoms with Gasteiger partial charge in [0, 0.05) is 31.0 Å². The van der Waals surface area contributed by atoms with Gasteiger partial charge in [-0.05, 0) is 23.4 Å². The Bertz CT molecular complexity index is 334. The second-order valence-corrected chi connectivity index (χ2v) is 6.34. The summed E-state index contributed by atoms with van der Waals surface area (Å²) in [6.07, 6.45) is 1.52. The predicted octanol–water partition coefficient (Wildman–Crippen LogP) is 2.08. The molecule has 0 unspecified atom stereocenters. The second-order valence-electron chi connectivity index (χ2n) is 5.73. The number of hydrogen-bond donors (Lipinski definition) is 1. The van der Waals surface area contributed by atoms with Gasteiger partial charge in [0.1, 0.15) is 0 Å². The summed E-state index contributed by atoms with van der Waals surface area (Å²) in [7, 11) is 0. The minimum atomic E-state index is 0.227. The van der Waals surface area contributed by atoms with Crippen LogP contribution in [0, 0.1) is 11.3 Å². The van der Waals surface area contributed by atoms with E-state index in [4.69, 9.17) is 4.74 Å². The maximum Gasteiger partial charge on any atom is 0.0893 e. The summed E-state index contributed by atoms with van der Waals surface area (Å²) in [5.41, 5.74) is 1.26. The Kier molecular flexibility index (Phi) is 4.12. The summed E-state index contributed by atoms with van der Waals surface area (Å²) in [6, 6.07) is 0. The molecule has 1 aliphatic heterocycles. The van der Waals surface area contributed by atoms with E-state index < -0.39 is 0 Å². The van der Waals surface area contributed by atoms with E-state index in [1.807, 2.05) is 5.38 Å². The molecular weight excluding hydrogens is 234 g/mol. The molecule has 2 atom stereocenters. The van der Waals surface area contributed by atoms with Gasteiger partial charge in [-0.25, -0.2) is 0 Å². The molecule has 1 aromatic heterocycles. The summed E-state index contributed by atoms with van der Waals surface area (Å²) in [4.78, 5) is 0. The molecule has 1 aliphatic rings. The topological polar surface area (TPSA) is 47.0 Å². The van der Waals surface area contributed by atoms with Crippen molar-refractivity contribution >= 4 is 11.5 Å². The van der Waals surface area contributed by atoms with E-state index in [-0.39, 0.29) is 5.41 Å². The fourth-order valence-electron chi connectivity index (χ4n) is 2.45. The lowest BCUT2D eigenvalue weighted by molar-refractivity contribution is 0.00719. The number of ether oxygens (including phenoxy) is 1. The fourth-order valence-corrected chi connectivity index (χ4v) is 2.90. The fraction of sp³-hybridized carbons (Fsp3) is 0.833. The van der Waals surface area contributed by atoms with Crippen LogP contribution in [0.3, 0.4) is 0 Å². The van der Waals surface area contributed by atoms with Crippen LogP contribution in [0.1, 0.15) is 32.9 Å². The molecule has 0 saturated carbocycles. The van der Waals surface area contributed by atoms with E-state index in [1.54, 1.807) is 0 Å². The maximum atomic E-state index is 5.85. The zero-order valence-electron chi connectivity index (χ0n) is 10.8. The Labute approximate surface area is 107 Å². The lowest BCUT2D eigenvalue weighted by Gasteiger charge is -2.31. The first-order chi connectivity index (χ1) is 8.07. The van der Waals surface area contributed by atoms with E-state index in [9.17, 15) is 0 Å². The van der Waals surface area contributed by atoms with Crippen LogP contribution in [0.25, 0.3) is 0 Å². The van der Waals surface area contributed by atoms with Crippen molar-refractivity contribution in [2.75, 3.05) is 13.2 Å². The molecule has 17 heavy (non-hydrogen) atoms. The molecule has 0 bridgehead atoms. The summed E-state index contributed by atoms with van der Waals surface area (Å²) in [5.74, 6) is 0.613. The standard InChI is InChI=1S/C12H21N3OS/c1-12(2,3)11-9(4-5-16-11)6-13-7-10-8-17-15-14-10/h8-9,11,13H,4-7H2,1-3H3/t9-,11+/m1/s1. The van der Waals surface area contributed by atoms with Crippen molar-refractivity contribution in [3.63, 3.8) is 0 Å². The first kappa shape index (κ1) is 12.9. The Morgan fingerprint density at radius 3 is 3.00 bits per heavy atom. The van der Waals surface area contributed by atoms with Gasteiger partial charge in [0.25, 0.3) is 0 Å². The van der Waals surface area contributed by atoms with Crippen LogP contribution in [-0.4, -0.2) is 28.8 Å². The molecular formula is C12H21N3OS. The van der Waals surface area contributed by atoms with Gasteiger partial charge in [0.05, 0.1) is 11.8 Å². The Hall–Kier alpha value is -0.520. The zero-order chi connectivity index (χ0) is 12.3. The van der Waals surface area contributed by atoms with Crippen LogP contribution in [0.5, 0.6) is 0 Å². The van der Waals surface area contributed by atoms with E-state index in [2.05, 4.69) is 35.7 Å². The van der Waals surface area contributed by atoms with Crippen LogP contribution in [0.15, 0.2) is 5.38 Å². The average molecular weight is 255 g/mol. The van der Waals surface area contributed by atoms with E-state index in [0.717, 1.165) is 31.8 Å². The number of nitrogens with zero attached hydrogens (tertiary/aromatic N) is 2. The third-order valence-electron chi connectivity index (χ3n) is 3.19. The van der Waals surface area contributed by atoms with E-state index in [1.165, 1.54) is 11.5 Å². The third-order valence-corrected chi connectivity index (χ3v) is 3.74. The molecule has 2 rings (SSSR count). The monoisotopic (exact) mass is 255 g/mol. The molecule has 0 spiro atoms. The van der Waals surface area contributed by atoms with Gasteiger partial charge in [-0.15, -0.1) is 5.10 Å². The van der Waals surface area contributed by atoms with Crippen LogP contribution in [0.4, 0.5) is 0 Å². The molecule has 0 amide bonds. The number of rotatable bonds is 4. The normalized spacial score (nSPS) is 25.4. The maximum absolute atomic E-state index is 5.85. The number of aromatic nitrogens is 2. The highest BCUT2D eigenvalue weighted by atomic mass is 32.1. The minimum Gasteiger partial charge on any atom is -0.377 e. The summed E-state index contributed by atoms with van der Waals surface area (Å²) >= 11 is 1.40. The average Bonchev–Trinajstić information content (AvgIpc) is 2.86. The highest BCUT2D eigenvalue weighted by Gasteiger charge is 2.36. The summed E-state index contributed by atoms with van der Waals surface area (Å²) in [6.45, 7) is 9.46. The number of hydrogen-bond acceptors (Lipinski definition) is 5. The van der Waals surface area contributed by atoms with Crippen molar-refractivity contribution in [3.05, 3.63) is 11.1 Å². The van der Waals surface area contributed by atoms with Gasteiger partial charge in [-0.1, -0.05) is 25.3 Å². The van der Waals surface area contributed by atoms with Crippen LogP contribution in [-0.2, 0) is 11.3 Å². The van der Waals surface area contributed by atoms with E-state index >= 15 is 0 Å². The van der Waals surface area contributed by atoms with Crippen LogP contribution < -0.4 is 5.32 Å². The molecule has 0 radical (unpaired) electrons. The van der Waals surface area contributed by atoms with Gasteiger partial charge in [-0.2, -0.15) is 0 Å². The smallest absolute Gasteiger partial charge is 0.0893 e. The predicted molar refractivity (Wildman–Crippen MR) is 68.9 cm³/mol. The van der Waals surface area contributed by atoms with Gasteiger partial charge in [-0.3, -0.25) is 0 Å². The molecule has 1 aromatic rings. The lowest BCUT2D eigenvalue weighted by atomic mass is 9.81. The molecule has 1 fully saturated rings. The molecule has 0 aromatic carbocycles. The highest BCUT2D eigenvalue weighted by molar-refractivity contribution is 7.03. The molecule has 2 heterocycles. The van der Waals surface area contributed by atoms with Crippen molar-refractivity contribution < 1.29 is 4.74 Å². The van der Waals surface area contributed by atoms with Gasteiger partial charge >= 0.3 is 0 Å². The van der Waals surface area contributed by atoms with Crippen molar-refractivity contribution in [3.8, 4) is 0 Å². The highest BCUT2D eigenvalue weighted by Crippen LogP contribution is 2.34. The van der Waals surface area contributed by atoms with Gasteiger partial charge < -0.3 is 10.1 Å².